The second-order valence-corrected chi connectivity index (χ2v) is 8.48. The van der Waals surface area contributed by atoms with Gasteiger partial charge in [0.1, 0.15) is 12.0 Å². The van der Waals surface area contributed by atoms with E-state index < -0.39 is 6.10 Å². The van der Waals surface area contributed by atoms with Crippen LogP contribution in [0, 0.1) is 11.7 Å². The van der Waals surface area contributed by atoms with Crippen molar-refractivity contribution in [3.8, 4) is 0 Å². The SMILES string of the molecule is O=CC1NCc2cc(C(O)CCN3CCC(Cc4ccc(F)cc4)CC3)ccc2N1. The van der Waals surface area contributed by atoms with Crippen molar-refractivity contribution < 1.29 is 14.3 Å². The van der Waals surface area contributed by atoms with Crippen LogP contribution in [0.1, 0.15) is 42.1 Å². The molecule has 5 nitrogen and oxygen atoms in total. The van der Waals surface area contributed by atoms with Gasteiger partial charge in [0.05, 0.1) is 6.10 Å². The Balaban J connectivity index is 1.23. The molecule has 0 bridgehead atoms. The number of hydrogen-bond acceptors (Lipinski definition) is 5. The van der Waals surface area contributed by atoms with E-state index >= 15 is 0 Å². The smallest absolute Gasteiger partial charge is 0.157 e. The summed E-state index contributed by atoms with van der Waals surface area (Å²) in [5.74, 6) is 0.469. The quantitative estimate of drug-likeness (QED) is 0.611. The number of anilines is 1. The maximum atomic E-state index is 13.1. The summed E-state index contributed by atoms with van der Waals surface area (Å²) in [6.45, 7) is 3.59. The van der Waals surface area contributed by atoms with Crippen LogP contribution in [0.15, 0.2) is 42.5 Å². The number of carbonyl (C=O) groups excluding carboxylic acids is 1. The normalized spacial score (nSPS) is 20.9. The molecule has 0 spiro atoms. The molecule has 2 aromatic rings. The minimum absolute atomic E-state index is 0.177. The topological polar surface area (TPSA) is 64.6 Å². The third-order valence-electron chi connectivity index (χ3n) is 6.34. The van der Waals surface area contributed by atoms with E-state index in [1.165, 1.54) is 5.56 Å². The van der Waals surface area contributed by atoms with Crippen molar-refractivity contribution in [1.82, 2.24) is 10.2 Å². The second kappa shape index (κ2) is 9.69. The average Bonchev–Trinajstić information content (AvgIpc) is 2.79. The van der Waals surface area contributed by atoms with E-state index in [-0.39, 0.29) is 12.0 Å². The summed E-state index contributed by atoms with van der Waals surface area (Å²) in [5, 5.41) is 16.9. The minimum atomic E-state index is -0.490. The lowest BCUT2D eigenvalue weighted by Crippen LogP contribution is -2.41. The fourth-order valence-corrected chi connectivity index (χ4v) is 4.47. The van der Waals surface area contributed by atoms with Crippen LogP contribution < -0.4 is 10.6 Å². The number of aliphatic hydroxyl groups excluding tert-OH is 1. The molecule has 2 aliphatic rings. The maximum Gasteiger partial charge on any atom is 0.157 e. The molecule has 160 valence electrons. The summed E-state index contributed by atoms with van der Waals surface area (Å²) in [4.78, 5) is 13.4. The molecular formula is C24H30FN3O2. The molecule has 0 saturated carbocycles. The first-order valence-corrected chi connectivity index (χ1v) is 10.8. The van der Waals surface area contributed by atoms with Crippen molar-refractivity contribution in [1.29, 1.82) is 0 Å². The Kier molecular flexibility index (Phi) is 6.77. The van der Waals surface area contributed by atoms with Crippen LogP contribution in [0.2, 0.25) is 0 Å². The summed E-state index contributed by atoms with van der Waals surface area (Å²) in [5.41, 5.74) is 4.16. The van der Waals surface area contributed by atoms with Gasteiger partial charge in [0.2, 0.25) is 0 Å². The average molecular weight is 412 g/mol. The minimum Gasteiger partial charge on any atom is -0.388 e. The summed E-state index contributed by atoms with van der Waals surface area (Å²) >= 11 is 0. The van der Waals surface area contributed by atoms with Gasteiger partial charge in [-0.2, -0.15) is 0 Å². The van der Waals surface area contributed by atoms with Crippen LogP contribution in [0.3, 0.4) is 0 Å². The summed E-state index contributed by atoms with van der Waals surface area (Å²) in [6.07, 6.45) is 4.02. The van der Waals surface area contributed by atoms with Gasteiger partial charge in [0.15, 0.2) is 6.29 Å². The Bertz CT molecular complexity index is 850. The first kappa shape index (κ1) is 21.0. The number of piperidine rings is 1. The number of hydrogen-bond donors (Lipinski definition) is 3. The number of nitrogens with zero attached hydrogens (tertiary/aromatic N) is 1. The van der Waals surface area contributed by atoms with Crippen LogP contribution in [-0.4, -0.2) is 42.1 Å². The third kappa shape index (κ3) is 5.25. The van der Waals surface area contributed by atoms with Crippen LogP contribution >= 0.6 is 0 Å². The van der Waals surface area contributed by atoms with Crippen molar-refractivity contribution in [3.63, 3.8) is 0 Å². The standard InChI is InChI=1S/C24H30FN3O2/c25-21-4-1-17(2-5-21)13-18-7-10-28(11-8-18)12-9-23(30)19-3-6-22-20(14-19)15-26-24(16-29)27-22/h1-6,14,16,18,23-24,26-27,30H,7-13,15H2. The van der Waals surface area contributed by atoms with Crippen molar-refractivity contribution in [2.24, 2.45) is 5.92 Å². The number of fused-ring (bicyclic) bond motifs is 1. The Morgan fingerprint density at radius 1 is 1.17 bits per heavy atom. The second-order valence-electron chi connectivity index (χ2n) is 8.48. The Hall–Kier alpha value is -2.28. The Morgan fingerprint density at radius 2 is 1.93 bits per heavy atom. The molecule has 0 amide bonds. The van der Waals surface area contributed by atoms with Gasteiger partial charge in [-0.15, -0.1) is 0 Å². The van der Waals surface area contributed by atoms with E-state index in [1.807, 2.05) is 30.3 Å². The lowest BCUT2D eigenvalue weighted by atomic mass is 9.90. The first-order valence-electron chi connectivity index (χ1n) is 10.8. The maximum absolute atomic E-state index is 13.1. The summed E-state index contributed by atoms with van der Waals surface area (Å²) < 4.78 is 13.1. The van der Waals surface area contributed by atoms with E-state index in [4.69, 9.17) is 0 Å². The molecule has 0 aliphatic carbocycles. The molecule has 0 aromatic heterocycles. The lowest BCUT2D eigenvalue weighted by Gasteiger charge is -2.32. The first-order chi connectivity index (χ1) is 14.6. The van der Waals surface area contributed by atoms with E-state index in [1.54, 1.807) is 12.1 Å². The highest BCUT2D eigenvalue weighted by atomic mass is 19.1. The van der Waals surface area contributed by atoms with Crippen LogP contribution in [-0.2, 0) is 17.8 Å². The van der Waals surface area contributed by atoms with Crippen molar-refractivity contribution in [2.45, 2.75) is 44.5 Å². The number of rotatable bonds is 7. The Labute approximate surface area is 177 Å². The molecule has 2 atom stereocenters. The van der Waals surface area contributed by atoms with Gasteiger partial charge in [-0.25, -0.2) is 4.39 Å². The molecule has 4 rings (SSSR count). The monoisotopic (exact) mass is 411 g/mol. The number of likely N-dealkylation sites (tertiary alicyclic amines) is 1. The number of nitrogens with one attached hydrogen (secondary N) is 2. The number of benzene rings is 2. The van der Waals surface area contributed by atoms with E-state index in [2.05, 4.69) is 15.5 Å². The zero-order valence-electron chi connectivity index (χ0n) is 17.2. The number of aldehydes is 1. The number of carbonyl (C=O) groups is 1. The highest BCUT2D eigenvalue weighted by Crippen LogP contribution is 2.27. The molecule has 2 aliphatic heterocycles. The fourth-order valence-electron chi connectivity index (χ4n) is 4.47. The van der Waals surface area contributed by atoms with Gasteiger partial charge in [-0.3, -0.25) is 10.1 Å². The fraction of sp³-hybridized carbons (Fsp3) is 0.458. The molecule has 1 saturated heterocycles. The van der Waals surface area contributed by atoms with Crippen molar-refractivity contribution in [2.75, 3.05) is 25.0 Å². The zero-order chi connectivity index (χ0) is 20.9. The van der Waals surface area contributed by atoms with Gasteiger partial charge >= 0.3 is 0 Å². The molecule has 6 heteroatoms. The molecule has 0 radical (unpaired) electrons. The molecule has 2 heterocycles. The van der Waals surface area contributed by atoms with E-state index in [9.17, 15) is 14.3 Å². The van der Waals surface area contributed by atoms with Crippen LogP contribution in [0.5, 0.6) is 0 Å². The number of aliphatic hydroxyl groups is 1. The number of halogens is 1. The highest BCUT2D eigenvalue weighted by molar-refractivity contribution is 5.67. The van der Waals surface area contributed by atoms with Gasteiger partial charge in [-0.1, -0.05) is 18.2 Å². The summed E-state index contributed by atoms with van der Waals surface area (Å²) in [7, 11) is 0. The third-order valence-corrected chi connectivity index (χ3v) is 6.34. The molecule has 3 N–H and O–H groups in total. The Morgan fingerprint density at radius 3 is 2.67 bits per heavy atom. The van der Waals surface area contributed by atoms with Gasteiger partial charge in [0.25, 0.3) is 0 Å². The zero-order valence-corrected chi connectivity index (χ0v) is 17.2. The van der Waals surface area contributed by atoms with Gasteiger partial charge in [0, 0.05) is 18.8 Å². The van der Waals surface area contributed by atoms with Gasteiger partial charge in [-0.05, 0) is 85.6 Å². The lowest BCUT2D eigenvalue weighted by molar-refractivity contribution is -0.109. The van der Waals surface area contributed by atoms with Crippen LogP contribution in [0.25, 0.3) is 0 Å². The van der Waals surface area contributed by atoms with Crippen LogP contribution in [0.4, 0.5) is 10.1 Å². The van der Waals surface area contributed by atoms with E-state index in [0.29, 0.717) is 18.9 Å². The molecule has 2 unspecified atom stereocenters. The largest absolute Gasteiger partial charge is 0.388 e. The van der Waals surface area contributed by atoms with Crippen molar-refractivity contribution >= 4 is 12.0 Å². The van der Waals surface area contributed by atoms with E-state index in [0.717, 1.165) is 62.0 Å². The van der Waals surface area contributed by atoms with Crippen molar-refractivity contribution in [3.05, 3.63) is 65.0 Å². The molecular weight excluding hydrogens is 381 g/mol. The molecule has 1 fully saturated rings. The molecule has 2 aromatic carbocycles. The summed E-state index contributed by atoms with van der Waals surface area (Å²) in [6, 6.07) is 12.8. The highest BCUT2D eigenvalue weighted by Gasteiger charge is 2.21. The van der Waals surface area contributed by atoms with Gasteiger partial charge < -0.3 is 15.3 Å². The predicted molar refractivity (Wildman–Crippen MR) is 116 cm³/mol. The molecule has 30 heavy (non-hydrogen) atoms. The predicted octanol–water partition coefficient (Wildman–Crippen LogP) is 3.24.